The quantitative estimate of drug-likeness (QED) is 0.242. The zero-order valence-corrected chi connectivity index (χ0v) is 17.1. The summed E-state index contributed by atoms with van der Waals surface area (Å²) in [6, 6.07) is 0. The van der Waals surface area contributed by atoms with Gasteiger partial charge >= 0.3 is 23.9 Å². The molecule has 0 aromatic carbocycles. The van der Waals surface area contributed by atoms with E-state index in [-0.39, 0.29) is 42.3 Å². The molecule has 1 saturated heterocycles. The lowest BCUT2D eigenvalue weighted by atomic mass is 10.3. The van der Waals surface area contributed by atoms with Gasteiger partial charge < -0.3 is 19.3 Å². The van der Waals surface area contributed by atoms with Crippen LogP contribution in [0.2, 0.25) is 0 Å². The summed E-state index contributed by atoms with van der Waals surface area (Å²) in [5.41, 5.74) is -0.298. The fraction of sp³-hybridized carbons (Fsp3) is 0.688. The van der Waals surface area contributed by atoms with E-state index in [4.69, 9.17) is 14.6 Å². The molecule has 1 unspecified atom stereocenters. The third kappa shape index (κ3) is 20.4. The Bertz CT molecular complexity index is 469. The van der Waals surface area contributed by atoms with Crippen LogP contribution < -0.4 is 0 Å². The second-order valence-corrected chi connectivity index (χ2v) is 6.28. The van der Waals surface area contributed by atoms with Crippen LogP contribution in [0.5, 0.6) is 0 Å². The number of esters is 3. The van der Waals surface area contributed by atoms with E-state index in [1.807, 2.05) is 13.8 Å². The van der Waals surface area contributed by atoms with Gasteiger partial charge in [-0.25, -0.2) is 0 Å². The highest BCUT2D eigenvalue weighted by atomic mass is 32.2. The van der Waals surface area contributed by atoms with Crippen LogP contribution in [0.15, 0.2) is 0 Å². The minimum Gasteiger partial charge on any atom is -0.481 e. The molecule has 1 fully saturated rings. The van der Waals surface area contributed by atoms with Gasteiger partial charge in [-0.15, -0.1) is 11.8 Å². The molecular formula is C16H26O9S2. The standard InChI is InChI=1S/C8H12O4S.C6H10O3.C2H4O2S/c1-2-3-6(9)11-4-8-12-7(10)5-13-8;1-2-3-6(8)9-5-4-7;3-2(4)1-5/h8H,2-5H2,1H3;4H,2-3,5H2,1H3;5H,1H2,(H,3,4). The van der Waals surface area contributed by atoms with Gasteiger partial charge in [0.2, 0.25) is 0 Å². The topological polar surface area (TPSA) is 133 Å². The Kier molecular flexibility index (Phi) is 19.4. The summed E-state index contributed by atoms with van der Waals surface area (Å²) in [6.45, 7) is 3.85. The first-order valence-electron chi connectivity index (χ1n) is 8.19. The lowest BCUT2D eigenvalue weighted by Gasteiger charge is -2.08. The molecule has 156 valence electrons. The maximum absolute atomic E-state index is 10.9. The molecule has 0 aromatic heterocycles. The van der Waals surface area contributed by atoms with Crippen LogP contribution in [0.1, 0.15) is 39.5 Å². The smallest absolute Gasteiger partial charge is 0.317 e. The summed E-state index contributed by atoms with van der Waals surface area (Å²) >= 11 is 4.78. The molecule has 27 heavy (non-hydrogen) atoms. The van der Waals surface area contributed by atoms with Crippen molar-refractivity contribution < 1.29 is 43.3 Å². The zero-order chi connectivity index (χ0) is 21.1. The Morgan fingerprint density at radius 3 is 2.11 bits per heavy atom. The van der Waals surface area contributed by atoms with Crippen molar-refractivity contribution in [1.29, 1.82) is 0 Å². The van der Waals surface area contributed by atoms with Gasteiger partial charge in [-0.3, -0.25) is 24.0 Å². The molecule has 1 N–H and O–H groups in total. The fourth-order valence-corrected chi connectivity index (χ4v) is 2.03. The first-order valence-corrected chi connectivity index (χ1v) is 9.87. The van der Waals surface area contributed by atoms with E-state index in [1.165, 1.54) is 11.8 Å². The first-order chi connectivity index (χ1) is 12.8. The summed E-state index contributed by atoms with van der Waals surface area (Å²) in [5, 5.41) is 7.65. The average molecular weight is 427 g/mol. The largest absolute Gasteiger partial charge is 0.481 e. The van der Waals surface area contributed by atoms with E-state index in [1.54, 1.807) is 0 Å². The Hall–Kier alpha value is -1.75. The van der Waals surface area contributed by atoms with Crippen LogP contribution >= 0.6 is 24.4 Å². The number of aliphatic carboxylic acids is 1. The van der Waals surface area contributed by atoms with Crippen molar-refractivity contribution in [2.75, 3.05) is 24.7 Å². The number of thiol groups is 1. The van der Waals surface area contributed by atoms with Crippen molar-refractivity contribution in [3.8, 4) is 0 Å². The first kappa shape index (κ1) is 27.5. The SMILES string of the molecule is CCCC(=O)OCC1OC(=O)CS1.CCCC(=O)OCC=O.O=C(O)CS. The lowest BCUT2D eigenvalue weighted by Crippen LogP contribution is -2.16. The van der Waals surface area contributed by atoms with E-state index in [0.29, 0.717) is 24.9 Å². The van der Waals surface area contributed by atoms with Crippen LogP contribution in [-0.2, 0) is 38.2 Å². The lowest BCUT2D eigenvalue weighted by molar-refractivity contribution is -0.151. The number of thioether (sulfide) groups is 1. The van der Waals surface area contributed by atoms with E-state index >= 15 is 0 Å². The van der Waals surface area contributed by atoms with Gasteiger partial charge in [0, 0.05) is 12.8 Å². The molecule has 1 aliphatic heterocycles. The molecule has 0 aromatic rings. The molecule has 1 rings (SSSR count). The monoisotopic (exact) mass is 426 g/mol. The van der Waals surface area contributed by atoms with E-state index in [2.05, 4.69) is 17.4 Å². The van der Waals surface area contributed by atoms with Crippen LogP contribution in [0, 0.1) is 0 Å². The summed E-state index contributed by atoms with van der Waals surface area (Å²) in [4.78, 5) is 50.9. The molecule has 0 radical (unpaired) electrons. The summed E-state index contributed by atoms with van der Waals surface area (Å²) < 4.78 is 14.1. The second-order valence-electron chi connectivity index (χ2n) is 4.81. The molecule has 0 spiro atoms. The molecule has 0 amide bonds. The third-order valence-electron chi connectivity index (χ3n) is 2.39. The normalized spacial score (nSPS) is 14.5. The number of aldehydes is 1. The van der Waals surface area contributed by atoms with Crippen LogP contribution in [0.25, 0.3) is 0 Å². The highest BCUT2D eigenvalue weighted by Crippen LogP contribution is 2.20. The number of hydrogen-bond acceptors (Lipinski definition) is 10. The van der Waals surface area contributed by atoms with Crippen molar-refractivity contribution in [2.45, 2.75) is 45.0 Å². The minimum atomic E-state index is -0.881. The summed E-state index contributed by atoms with van der Waals surface area (Å²) in [7, 11) is 0. The molecular weight excluding hydrogens is 400 g/mol. The van der Waals surface area contributed by atoms with Crippen LogP contribution in [0.3, 0.4) is 0 Å². The van der Waals surface area contributed by atoms with Gasteiger partial charge in [-0.05, 0) is 12.8 Å². The van der Waals surface area contributed by atoms with Crippen molar-refractivity contribution in [3.63, 3.8) is 0 Å². The maximum Gasteiger partial charge on any atom is 0.317 e. The van der Waals surface area contributed by atoms with E-state index in [9.17, 15) is 24.0 Å². The molecule has 11 heteroatoms. The van der Waals surface area contributed by atoms with Crippen LogP contribution in [0.4, 0.5) is 0 Å². The number of cyclic esters (lactones) is 1. The zero-order valence-electron chi connectivity index (χ0n) is 15.4. The predicted octanol–water partition coefficient (Wildman–Crippen LogP) is 1.48. The highest BCUT2D eigenvalue weighted by Gasteiger charge is 2.24. The van der Waals surface area contributed by atoms with Crippen molar-refractivity contribution in [2.24, 2.45) is 0 Å². The van der Waals surface area contributed by atoms with E-state index < -0.39 is 5.97 Å². The number of carboxylic acids is 1. The van der Waals surface area contributed by atoms with Gasteiger partial charge in [0.15, 0.2) is 11.7 Å². The third-order valence-corrected chi connectivity index (χ3v) is 3.66. The minimum absolute atomic E-state index is 0.0833. The Morgan fingerprint density at radius 2 is 1.74 bits per heavy atom. The number of carboxylic acid groups (broad SMARTS) is 1. The Morgan fingerprint density at radius 1 is 1.22 bits per heavy atom. The number of rotatable bonds is 9. The molecule has 1 heterocycles. The average Bonchev–Trinajstić information content (AvgIpc) is 3.05. The molecule has 0 aliphatic carbocycles. The number of carbonyl (C=O) groups excluding carboxylic acids is 4. The fourth-order valence-electron chi connectivity index (χ4n) is 1.30. The summed E-state index contributed by atoms with van der Waals surface area (Å²) in [5.74, 6) is -1.37. The van der Waals surface area contributed by atoms with Gasteiger partial charge in [0.25, 0.3) is 0 Å². The molecule has 0 bridgehead atoms. The number of hydrogen-bond donors (Lipinski definition) is 2. The van der Waals surface area contributed by atoms with Gasteiger partial charge in [0.05, 0.1) is 11.5 Å². The second kappa shape index (κ2) is 19.0. The molecule has 1 aliphatic rings. The molecule has 9 nitrogen and oxygen atoms in total. The van der Waals surface area contributed by atoms with Crippen molar-refractivity contribution in [3.05, 3.63) is 0 Å². The van der Waals surface area contributed by atoms with Crippen LogP contribution in [-0.4, -0.2) is 65.4 Å². The van der Waals surface area contributed by atoms with Crippen molar-refractivity contribution in [1.82, 2.24) is 0 Å². The highest BCUT2D eigenvalue weighted by molar-refractivity contribution is 8.00. The Balaban J connectivity index is 0. The number of carbonyl (C=O) groups is 5. The summed E-state index contributed by atoms with van der Waals surface area (Å²) in [6.07, 6.45) is 2.92. The number of ether oxygens (including phenoxy) is 3. The molecule has 0 saturated carbocycles. The Labute approximate surface area is 167 Å². The van der Waals surface area contributed by atoms with E-state index in [0.717, 1.165) is 12.8 Å². The maximum atomic E-state index is 10.9. The van der Waals surface area contributed by atoms with Gasteiger partial charge in [-0.1, -0.05) is 13.8 Å². The van der Waals surface area contributed by atoms with Crippen molar-refractivity contribution >= 4 is 54.6 Å². The predicted molar refractivity (Wildman–Crippen MR) is 102 cm³/mol. The van der Waals surface area contributed by atoms with Gasteiger partial charge in [-0.2, -0.15) is 12.6 Å². The van der Waals surface area contributed by atoms with Gasteiger partial charge in [0.1, 0.15) is 13.2 Å². The molecule has 1 atom stereocenters.